The van der Waals surface area contributed by atoms with E-state index in [0.717, 1.165) is 23.8 Å². The van der Waals surface area contributed by atoms with Crippen LogP contribution in [0.15, 0.2) is 57.8 Å². The first-order chi connectivity index (χ1) is 13.9. The molecule has 1 heterocycles. The van der Waals surface area contributed by atoms with Crippen LogP contribution in [0.25, 0.3) is 11.0 Å². The van der Waals surface area contributed by atoms with Gasteiger partial charge in [0.25, 0.3) is 5.91 Å². The predicted molar refractivity (Wildman–Crippen MR) is 108 cm³/mol. The fraction of sp³-hybridized carbons (Fsp3) is 0.286. The highest BCUT2D eigenvalue weighted by atomic mass is 32.2. The number of nitrogens with one attached hydrogen (secondary N) is 2. The molecule has 0 saturated heterocycles. The van der Waals surface area contributed by atoms with Gasteiger partial charge in [-0.3, -0.25) is 4.79 Å². The van der Waals surface area contributed by atoms with Crippen LogP contribution in [-0.2, 0) is 10.0 Å². The van der Waals surface area contributed by atoms with E-state index in [-0.39, 0.29) is 28.3 Å². The number of sulfonamides is 1. The minimum absolute atomic E-state index is 0.0454. The maximum absolute atomic E-state index is 12.7. The number of carbonyl (C=O) groups is 1. The van der Waals surface area contributed by atoms with Gasteiger partial charge in [-0.2, -0.15) is 0 Å². The molecule has 1 fully saturated rings. The molecule has 3 aromatic rings. The molecular formula is C21H22N2O5S. The number of amides is 1. The van der Waals surface area contributed by atoms with E-state index in [4.69, 9.17) is 9.15 Å². The minimum Gasteiger partial charge on any atom is -0.495 e. The SMILES string of the molecule is COc1ccc(C(=O)N[C@H](C)c2cc3ccccc3o2)cc1S(=O)(=O)NC1CC1. The summed E-state index contributed by atoms with van der Waals surface area (Å²) >= 11 is 0. The molecule has 29 heavy (non-hydrogen) atoms. The molecule has 2 aromatic carbocycles. The molecule has 0 spiro atoms. The molecule has 8 heteroatoms. The second kappa shape index (κ2) is 7.53. The second-order valence-electron chi connectivity index (χ2n) is 7.14. The lowest BCUT2D eigenvalue weighted by atomic mass is 10.1. The van der Waals surface area contributed by atoms with E-state index in [1.165, 1.54) is 25.3 Å². The summed E-state index contributed by atoms with van der Waals surface area (Å²) in [4.78, 5) is 12.7. The number of rotatable bonds is 7. The first-order valence-corrected chi connectivity index (χ1v) is 10.9. The van der Waals surface area contributed by atoms with Crippen LogP contribution in [-0.4, -0.2) is 27.5 Å². The maximum atomic E-state index is 12.7. The summed E-state index contributed by atoms with van der Waals surface area (Å²) in [7, 11) is -2.37. The summed E-state index contributed by atoms with van der Waals surface area (Å²) in [6, 6.07) is 13.4. The molecule has 0 bridgehead atoms. The quantitative estimate of drug-likeness (QED) is 0.618. The average molecular weight is 414 g/mol. The Bertz CT molecular complexity index is 1130. The Morgan fingerprint density at radius 1 is 1.17 bits per heavy atom. The maximum Gasteiger partial charge on any atom is 0.251 e. The molecule has 0 unspecified atom stereocenters. The van der Waals surface area contributed by atoms with Crippen LogP contribution in [0.3, 0.4) is 0 Å². The summed E-state index contributed by atoms with van der Waals surface area (Å²) in [5.74, 6) is 0.417. The smallest absolute Gasteiger partial charge is 0.251 e. The lowest BCUT2D eigenvalue weighted by molar-refractivity contribution is 0.0935. The largest absolute Gasteiger partial charge is 0.495 e. The third kappa shape index (κ3) is 4.13. The van der Waals surface area contributed by atoms with Gasteiger partial charge >= 0.3 is 0 Å². The Balaban J connectivity index is 1.57. The molecule has 0 radical (unpaired) electrons. The standard InChI is InChI=1S/C21H22N2O5S/c1-13(19-11-14-5-3-4-6-17(14)28-19)22-21(24)15-7-10-18(27-2)20(12-15)29(25,26)23-16-8-9-16/h3-7,10-13,16,23H,8-9H2,1-2H3,(H,22,24)/t13-/m1/s1. The third-order valence-electron chi connectivity index (χ3n) is 4.83. The minimum atomic E-state index is -3.77. The zero-order valence-electron chi connectivity index (χ0n) is 16.1. The molecule has 1 aliphatic rings. The van der Waals surface area contributed by atoms with Gasteiger partial charge in [0.1, 0.15) is 22.0 Å². The first kappa shape index (κ1) is 19.5. The highest BCUT2D eigenvalue weighted by Crippen LogP contribution is 2.29. The van der Waals surface area contributed by atoms with Crippen molar-refractivity contribution in [1.82, 2.24) is 10.0 Å². The monoisotopic (exact) mass is 414 g/mol. The molecule has 1 atom stereocenters. The number of fused-ring (bicyclic) bond motifs is 1. The summed E-state index contributed by atoms with van der Waals surface area (Å²) < 4.78 is 38.9. The van der Waals surface area contributed by atoms with Crippen LogP contribution in [0, 0.1) is 0 Å². The topological polar surface area (TPSA) is 97.6 Å². The fourth-order valence-corrected chi connectivity index (χ4v) is 4.58. The molecule has 2 N–H and O–H groups in total. The molecule has 1 amide bonds. The molecule has 7 nitrogen and oxygen atoms in total. The van der Waals surface area contributed by atoms with Gasteiger partial charge < -0.3 is 14.5 Å². The van der Waals surface area contributed by atoms with Gasteiger partial charge in [-0.1, -0.05) is 18.2 Å². The number of methoxy groups -OCH3 is 1. The van der Waals surface area contributed by atoms with Crippen molar-refractivity contribution in [2.24, 2.45) is 0 Å². The molecule has 1 aliphatic carbocycles. The molecule has 0 aliphatic heterocycles. The van der Waals surface area contributed by atoms with Crippen molar-refractivity contribution in [3.8, 4) is 5.75 Å². The lowest BCUT2D eigenvalue weighted by Crippen LogP contribution is -2.28. The third-order valence-corrected chi connectivity index (χ3v) is 6.38. The zero-order chi connectivity index (χ0) is 20.6. The Hall–Kier alpha value is -2.84. The Labute approximate surface area is 169 Å². The van der Waals surface area contributed by atoms with Crippen molar-refractivity contribution in [3.63, 3.8) is 0 Å². The van der Waals surface area contributed by atoms with Gasteiger partial charge in [0, 0.05) is 17.0 Å². The Morgan fingerprint density at radius 3 is 2.62 bits per heavy atom. The van der Waals surface area contributed by atoms with Gasteiger partial charge in [-0.15, -0.1) is 0 Å². The van der Waals surface area contributed by atoms with Gasteiger partial charge in [-0.05, 0) is 50.1 Å². The van der Waals surface area contributed by atoms with Crippen molar-refractivity contribution >= 4 is 26.9 Å². The molecule has 1 aromatic heterocycles. The van der Waals surface area contributed by atoms with Crippen molar-refractivity contribution in [1.29, 1.82) is 0 Å². The number of carbonyl (C=O) groups excluding carboxylic acids is 1. The Kier molecular flexibility index (Phi) is 5.06. The summed E-state index contributed by atoms with van der Waals surface area (Å²) in [5.41, 5.74) is 0.970. The van der Waals surface area contributed by atoms with E-state index in [2.05, 4.69) is 10.0 Å². The number of furan rings is 1. The number of benzene rings is 2. The Morgan fingerprint density at radius 2 is 1.93 bits per heavy atom. The van der Waals surface area contributed by atoms with Gasteiger partial charge in [0.15, 0.2) is 0 Å². The number of hydrogen-bond acceptors (Lipinski definition) is 5. The van der Waals surface area contributed by atoms with E-state index in [0.29, 0.717) is 5.76 Å². The van der Waals surface area contributed by atoms with Crippen molar-refractivity contribution in [2.45, 2.75) is 36.7 Å². The molecule has 152 valence electrons. The van der Waals surface area contributed by atoms with Crippen LogP contribution >= 0.6 is 0 Å². The number of para-hydroxylation sites is 1. The molecule has 4 rings (SSSR count). The van der Waals surface area contributed by atoms with Gasteiger partial charge in [0.05, 0.1) is 13.2 Å². The molecular weight excluding hydrogens is 392 g/mol. The van der Waals surface area contributed by atoms with Crippen molar-refractivity contribution in [3.05, 3.63) is 59.9 Å². The van der Waals surface area contributed by atoms with Gasteiger partial charge in [-0.25, -0.2) is 13.1 Å². The highest BCUT2D eigenvalue weighted by Gasteiger charge is 2.30. The normalized spacial score (nSPS) is 15.2. The van der Waals surface area contributed by atoms with E-state index < -0.39 is 15.9 Å². The van der Waals surface area contributed by atoms with Crippen LogP contribution in [0.4, 0.5) is 0 Å². The highest BCUT2D eigenvalue weighted by molar-refractivity contribution is 7.89. The van der Waals surface area contributed by atoms with E-state index >= 15 is 0 Å². The van der Waals surface area contributed by atoms with Crippen LogP contribution in [0.2, 0.25) is 0 Å². The van der Waals surface area contributed by atoms with E-state index in [9.17, 15) is 13.2 Å². The molecule has 1 saturated carbocycles. The van der Waals surface area contributed by atoms with Crippen molar-refractivity contribution < 1.29 is 22.4 Å². The van der Waals surface area contributed by atoms with Crippen LogP contribution in [0.5, 0.6) is 5.75 Å². The van der Waals surface area contributed by atoms with E-state index in [1.54, 1.807) is 0 Å². The van der Waals surface area contributed by atoms with Crippen LogP contribution < -0.4 is 14.8 Å². The number of hydrogen-bond donors (Lipinski definition) is 2. The van der Waals surface area contributed by atoms with Gasteiger partial charge in [0.2, 0.25) is 10.0 Å². The summed E-state index contributed by atoms with van der Waals surface area (Å²) in [5, 5.41) is 3.81. The number of ether oxygens (including phenoxy) is 1. The summed E-state index contributed by atoms with van der Waals surface area (Å²) in [6.07, 6.45) is 1.63. The zero-order valence-corrected chi connectivity index (χ0v) is 17.0. The van der Waals surface area contributed by atoms with E-state index in [1.807, 2.05) is 37.3 Å². The average Bonchev–Trinajstić information content (AvgIpc) is 3.40. The lowest BCUT2D eigenvalue weighted by Gasteiger charge is -2.14. The second-order valence-corrected chi connectivity index (χ2v) is 8.83. The van der Waals surface area contributed by atoms with Crippen molar-refractivity contribution in [2.75, 3.05) is 7.11 Å². The predicted octanol–water partition coefficient (Wildman–Crippen LogP) is 3.37. The fourth-order valence-electron chi connectivity index (χ4n) is 3.08. The summed E-state index contributed by atoms with van der Waals surface area (Å²) in [6.45, 7) is 1.81. The van der Waals surface area contributed by atoms with Crippen LogP contribution in [0.1, 0.15) is 41.9 Å². The first-order valence-electron chi connectivity index (χ1n) is 9.37.